The van der Waals surface area contributed by atoms with Crippen molar-refractivity contribution >= 4 is 16.0 Å². The van der Waals surface area contributed by atoms with Crippen molar-refractivity contribution in [3.05, 3.63) is 96.1 Å². The van der Waals surface area contributed by atoms with E-state index in [4.69, 9.17) is 8.92 Å². The Kier molecular flexibility index (Phi) is 6.06. The van der Waals surface area contributed by atoms with Crippen LogP contribution in [-0.2, 0) is 19.6 Å². The second-order valence-electron chi connectivity index (χ2n) is 7.35. The highest BCUT2D eigenvalue weighted by Gasteiger charge is 2.31. The first kappa shape index (κ1) is 21.1. The predicted octanol–water partition coefficient (Wildman–Crippen LogP) is 4.12. The molecule has 1 fully saturated rings. The standard InChI is InChI=1S/C24H23NO5S/c1-18(19-8-4-2-5-9-19)25-16-23(29-17-24(25)26)20-12-14-21(15-13-20)30-31(27,28)22-10-6-3-7-11-22/h2-15,18,23H,16-17H2,1H3/t18-,23+/m1/s1. The maximum Gasteiger partial charge on any atom is 0.339 e. The summed E-state index contributed by atoms with van der Waals surface area (Å²) in [4.78, 5) is 14.4. The van der Waals surface area contributed by atoms with Crippen molar-refractivity contribution in [1.82, 2.24) is 4.90 Å². The van der Waals surface area contributed by atoms with Crippen molar-refractivity contribution in [2.24, 2.45) is 0 Å². The van der Waals surface area contributed by atoms with Crippen LogP contribution in [0.15, 0.2) is 89.8 Å². The van der Waals surface area contributed by atoms with E-state index in [1.165, 1.54) is 12.1 Å². The second kappa shape index (κ2) is 8.91. The van der Waals surface area contributed by atoms with Crippen LogP contribution in [0.1, 0.15) is 30.2 Å². The van der Waals surface area contributed by atoms with E-state index in [1.807, 2.05) is 42.2 Å². The summed E-state index contributed by atoms with van der Waals surface area (Å²) < 4.78 is 35.8. The lowest BCUT2D eigenvalue weighted by atomic mass is 10.0. The van der Waals surface area contributed by atoms with Crippen LogP contribution in [0.3, 0.4) is 0 Å². The van der Waals surface area contributed by atoms with Crippen molar-refractivity contribution in [1.29, 1.82) is 0 Å². The lowest BCUT2D eigenvalue weighted by Gasteiger charge is -2.37. The maximum atomic E-state index is 12.4. The smallest absolute Gasteiger partial charge is 0.339 e. The molecule has 1 aliphatic rings. The number of carbonyl (C=O) groups is 1. The molecule has 0 spiro atoms. The maximum absolute atomic E-state index is 12.4. The number of ether oxygens (including phenoxy) is 1. The van der Waals surface area contributed by atoms with Crippen LogP contribution in [0, 0.1) is 0 Å². The number of carbonyl (C=O) groups excluding carboxylic acids is 1. The summed E-state index contributed by atoms with van der Waals surface area (Å²) in [5.41, 5.74) is 1.91. The molecule has 7 heteroatoms. The summed E-state index contributed by atoms with van der Waals surface area (Å²) in [6.45, 7) is 2.42. The van der Waals surface area contributed by atoms with E-state index in [0.717, 1.165) is 11.1 Å². The third-order valence-electron chi connectivity index (χ3n) is 5.33. The Hall–Kier alpha value is -3.16. The van der Waals surface area contributed by atoms with Gasteiger partial charge in [-0.1, -0.05) is 60.7 Å². The minimum absolute atomic E-state index is 0.00246. The average Bonchev–Trinajstić information content (AvgIpc) is 2.80. The third kappa shape index (κ3) is 4.78. The molecule has 3 aromatic rings. The van der Waals surface area contributed by atoms with E-state index in [2.05, 4.69) is 0 Å². The molecule has 3 aromatic carbocycles. The van der Waals surface area contributed by atoms with Gasteiger partial charge in [0.05, 0.1) is 12.6 Å². The number of amides is 1. The zero-order chi connectivity index (χ0) is 21.8. The topological polar surface area (TPSA) is 72.9 Å². The lowest BCUT2D eigenvalue weighted by molar-refractivity contribution is -0.152. The Balaban J connectivity index is 1.47. The summed E-state index contributed by atoms with van der Waals surface area (Å²) in [5.74, 6) is 0.163. The molecular weight excluding hydrogens is 414 g/mol. The molecule has 160 valence electrons. The van der Waals surface area contributed by atoms with Gasteiger partial charge in [-0.05, 0) is 42.3 Å². The number of hydrogen-bond donors (Lipinski definition) is 0. The Labute approximate surface area is 182 Å². The third-order valence-corrected chi connectivity index (χ3v) is 6.59. The number of benzene rings is 3. The fourth-order valence-corrected chi connectivity index (χ4v) is 4.53. The van der Waals surface area contributed by atoms with Gasteiger partial charge >= 0.3 is 10.1 Å². The van der Waals surface area contributed by atoms with Gasteiger partial charge in [-0.25, -0.2) is 0 Å². The minimum Gasteiger partial charge on any atom is -0.379 e. The van der Waals surface area contributed by atoms with Crippen molar-refractivity contribution < 1.29 is 22.1 Å². The van der Waals surface area contributed by atoms with Gasteiger partial charge < -0.3 is 13.8 Å². The highest BCUT2D eigenvalue weighted by Crippen LogP contribution is 2.30. The Morgan fingerprint density at radius 3 is 2.19 bits per heavy atom. The van der Waals surface area contributed by atoms with Gasteiger partial charge in [0, 0.05) is 0 Å². The van der Waals surface area contributed by atoms with Gasteiger partial charge in [0.25, 0.3) is 0 Å². The van der Waals surface area contributed by atoms with E-state index < -0.39 is 10.1 Å². The molecule has 0 aliphatic carbocycles. The largest absolute Gasteiger partial charge is 0.379 e. The molecule has 4 rings (SSSR count). The molecule has 0 radical (unpaired) electrons. The normalized spacial score (nSPS) is 17.9. The second-order valence-corrected chi connectivity index (χ2v) is 8.90. The van der Waals surface area contributed by atoms with Gasteiger partial charge in [0.15, 0.2) is 0 Å². The minimum atomic E-state index is -3.89. The Morgan fingerprint density at radius 1 is 0.935 bits per heavy atom. The Bertz CT molecular complexity index is 1130. The molecule has 1 aliphatic heterocycles. The number of hydrogen-bond acceptors (Lipinski definition) is 5. The summed E-state index contributed by atoms with van der Waals surface area (Å²) >= 11 is 0. The Morgan fingerprint density at radius 2 is 1.55 bits per heavy atom. The molecule has 1 saturated heterocycles. The molecule has 31 heavy (non-hydrogen) atoms. The molecule has 0 bridgehead atoms. The fourth-order valence-electron chi connectivity index (χ4n) is 3.58. The van der Waals surface area contributed by atoms with Crippen LogP contribution in [0.5, 0.6) is 5.75 Å². The van der Waals surface area contributed by atoms with Gasteiger partial charge in [-0.2, -0.15) is 8.42 Å². The molecular formula is C24H23NO5S. The molecule has 6 nitrogen and oxygen atoms in total. The van der Waals surface area contributed by atoms with Gasteiger partial charge in [-0.15, -0.1) is 0 Å². The van der Waals surface area contributed by atoms with E-state index in [0.29, 0.717) is 6.54 Å². The van der Waals surface area contributed by atoms with Crippen molar-refractivity contribution in [2.75, 3.05) is 13.2 Å². The van der Waals surface area contributed by atoms with Gasteiger partial charge in [0.1, 0.15) is 23.4 Å². The van der Waals surface area contributed by atoms with Crippen LogP contribution < -0.4 is 4.18 Å². The van der Waals surface area contributed by atoms with E-state index >= 15 is 0 Å². The van der Waals surface area contributed by atoms with Gasteiger partial charge in [-0.3, -0.25) is 4.79 Å². The van der Waals surface area contributed by atoms with Crippen molar-refractivity contribution in [2.45, 2.75) is 24.0 Å². The molecule has 0 N–H and O–H groups in total. The molecule has 0 unspecified atom stereocenters. The molecule has 0 saturated carbocycles. The van der Waals surface area contributed by atoms with Crippen molar-refractivity contribution in [3.8, 4) is 5.75 Å². The fraction of sp³-hybridized carbons (Fsp3) is 0.208. The van der Waals surface area contributed by atoms with Crippen LogP contribution in [0.2, 0.25) is 0 Å². The lowest BCUT2D eigenvalue weighted by Crippen LogP contribution is -2.44. The van der Waals surface area contributed by atoms with E-state index in [9.17, 15) is 13.2 Å². The first-order chi connectivity index (χ1) is 14.9. The summed E-state index contributed by atoms with van der Waals surface area (Å²) in [6.07, 6.45) is -0.302. The van der Waals surface area contributed by atoms with Crippen LogP contribution in [0.25, 0.3) is 0 Å². The van der Waals surface area contributed by atoms with Crippen LogP contribution in [0.4, 0.5) is 0 Å². The first-order valence-electron chi connectivity index (χ1n) is 9.99. The zero-order valence-corrected chi connectivity index (χ0v) is 17.9. The predicted molar refractivity (Wildman–Crippen MR) is 116 cm³/mol. The van der Waals surface area contributed by atoms with E-state index in [-0.39, 0.29) is 35.3 Å². The quantitative estimate of drug-likeness (QED) is 0.543. The first-order valence-corrected chi connectivity index (χ1v) is 11.4. The summed E-state index contributed by atoms with van der Waals surface area (Å²) in [6, 6.07) is 24.5. The molecule has 1 heterocycles. The zero-order valence-electron chi connectivity index (χ0n) is 17.0. The number of rotatable bonds is 6. The monoisotopic (exact) mass is 437 g/mol. The van der Waals surface area contributed by atoms with Crippen molar-refractivity contribution in [3.63, 3.8) is 0 Å². The summed E-state index contributed by atoms with van der Waals surface area (Å²) in [7, 11) is -3.89. The highest BCUT2D eigenvalue weighted by molar-refractivity contribution is 7.87. The summed E-state index contributed by atoms with van der Waals surface area (Å²) in [5, 5.41) is 0. The highest BCUT2D eigenvalue weighted by atomic mass is 32.2. The van der Waals surface area contributed by atoms with Crippen LogP contribution >= 0.6 is 0 Å². The van der Waals surface area contributed by atoms with Crippen LogP contribution in [-0.4, -0.2) is 32.4 Å². The van der Waals surface area contributed by atoms with E-state index in [1.54, 1.807) is 42.5 Å². The molecule has 1 amide bonds. The SMILES string of the molecule is C[C@H](c1ccccc1)N1C[C@@H](c2ccc(OS(=O)(=O)c3ccccc3)cc2)OCC1=O. The number of morpholine rings is 1. The number of nitrogens with zero attached hydrogens (tertiary/aromatic N) is 1. The van der Waals surface area contributed by atoms with Gasteiger partial charge in [0.2, 0.25) is 5.91 Å². The molecule has 0 aromatic heterocycles. The molecule has 2 atom stereocenters. The average molecular weight is 438 g/mol.